The Bertz CT molecular complexity index is 1390. The van der Waals surface area contributed by atoms with Gasteiger partial charge < -0.3 is 9.64 Å². The zero-order valence-corrected chi connectivity index (χ0v) is 20.1. The summed E-state index contributed by atoms with van der Waals surface area (Å²) >= 11 is 0. The number of carbonyl (C=O) groups is 4. The Hall–Kier alpha value is -4.27. The highest BCUT2D eigenvalue weighted by Crippen LogP contribution is 2.36. The smallest absolute Gasteiger partial charge is 0.310 e. The zero-order valence-electron chi connectivity index (χ0n) is 20.1. The molecule has 1 unspecified atom stereocenters. The molecule has 0 bridgehead atoms. The Morgan fingerprint density at radius 2 is 1.94 bits per heavy atom. The van der Waals surface area contributed by atoms with Crippen molar-refractivity contribution >= 4 is 23.7 Å². The van der Waals surface area contributed by atoms with E-state index in [0.717, 1.165) is 33.5 Å². The molecular weight excluding hydrogens is 460 g/mol. The van der Waals surface area contributed by atoms with Crippen LogP contribution in [0.15, 0.2) is 48.7 Å². The van der Waals surface area contributed by atoms with Gasteiger partial charge in [0.15, 0.2) is 0 Å². The zero-order chi connectivity index (χ0) is 25.4. The van der Waals surface area contributed by atoms with Gasteiger partial charge >= 0.3 is 5.97 Å². The van der Waals surface area contributed by atoms with Crippen molar-refractivity contribution in [2.24, 2.45) is 7.05 Å². The molecule has 184 valence electrons. The van der Waals surface area contributed by atoms with Gasteiger partial charge in [0.05, 0.1) is 24.9 Å². The van der Waals surface area contributed by atoms with Crippen molar-refractivity contribution in [3.63, 3.8) is 0 Å². The Labute approximate surface area is 208 Å². The first-order valence-electron chi connectivity index (χ1n) is 11.9. The average molecular weight is 487 g/mol. The fourth-order valence-electron chi connectivity index (χ4n) is 4.94. The largest absolute Gasteiger partial charge is 0.466 e. The summed E-state index contributed by atoms with van der Waals surface area (Å²) in [6, 6.07) is 12.7. The number of carbonyl (C=O) groups excluding carboxylic acids is 4. The van der Waals surface area contributed by atoms with Crippen molar-refractivity contribution in [3.05, 3.63) is 65.4 Å². The maximum absolute atomic E-state index is 13.0. The lowest BCUT2D eigenvalue weighted by Gasteiger charge is -2.29. The molecule has 1 atom stereocenters. The Kier molecular flexibility index (Phi) is 6.13. The minimum Gasteiger partial charge on any atom is -0.466 e. The second-order valence-electron chi connectivity index (χ2n) is 8.98. The van der Waals surface area contributed by atoms with Crippen LogP contribution in [0, 0.1) is 0 Å². The van der Waals surface area contributed by atoms with Crippen LogP contribution in [0.4, 0.5) is 0 Å². The van der Waals surface area contributed by atoms with E-state index in [1.54, 1.807) is 28.8 Å². The Balaban J connectivity index is 1.44. The summed E-state index contributed by atoms with van der Waals surface area (Å²) in [6.07, 6.45) is 2.51. The van der Waals surface area contributed by atoms with E-state index in [4.69, 9.17) is 4.74 Å². The lowest BCUT2D eigenvalue weighted by Crippen LogP contribution is -2.52. The predicted molar refractivity (Wildman–Crippen MR) is 130 cm³/mol. The monoisotopic (exact) mass is 486 g/mol. The van der Waals surface area contributed by atoms with E-state index in [1.165, 1.54) is 0 Å². The number of piperidine rings is 1. The number of amides is 3. The summed E-state index contributed by atoms with van der Waals surface area (Å²) < 4.78 is 6.86. The molecule has 2 aromatic carbocycles. The third-order valence-electron chi connectivity index (χ3n) is 6.63. The third kappa shape index (κ3) is 4.28. The van der Waals surface area contributed by atoms with E-state index in [0.29, 0.717) is 25.1 Å². The normalized spacial score (nSPS) is 17.2. The number of esters is 1. The number of aryl methyl sites for hydroxylation is 1. The van der Waals surface area contributed by atoms with Crippen LogP contribution in [0.25, 0.3) is 22.4 Å². The first-order chi connectivity index (χ1) is 17.4. The van der Waals surface area contributed by atoms with Crippen molar-refractivity contribution in [1.29, 1.82) is 0 Å². The molecule has 0 aliphatic carbocycles. The summed E-state index contributed by atoms with van der Waals surface area (Å²) in [7, 11) is 1.86. The van der Waals surface area contributed by atoms with Crippen molar-refractivity contribution in [1.82, 2.24) is 20.0 Å². The molecule has 5 rings (SSSR count). The van der Waals surface area contributed by atoms with Crippen LogP contribution in [0.2, 0.25) is 0 Å². The fraction of sp³-hybridized carbons (Fsp3) is 0.296. The van der Waals surface area contributed by atoms with Crippen LogP contribution in [0.5, 0.6) is 0 Å². The van der Waals surface area contributed by atoms with Crippen molar-refractivity contribution in [2.75, 3.05) is 6.61 Å². The molecule has 36 heavy (non-hydrogen) atoms. The lowest BCUT2D eigenvalue weighted by molar-refractivity contribution is -0.142. The Morgan fingerprint density at radius 3 is 2.72 bits per heavy atom. The van der Waals surface area contributed by atoms with Gasteiger partial charge in [0.1, 0.15) is 6.04 Å². The number of ether oxygens (including phenoxy) is 1. The van der Waals surface area contributed by atoms with Gasteiger partial charge in [-0.05, 0) is 48.2 Å². The SMILES string of the molecule is CCOC(=O)Cc1cccc(-c2c(-c3ccc4c(c3)CN(C3CCC(=O)NC3=O)C4=O)cnn2C)c1. The molecule has 3 heterocycles. The molecule has 0 spiro atoms. The molecule has 3 aromatic rings. The molecule has 1 aromatic heterocycles. The predicted octanol–water partition coefficient (Wildman–Crippen LogP) is 2.62. The lowest BCUT2D eigenvalue weighted by atomic mass is 9.97. The number of nitrogens with one attached hydrogen (secondary N) is 1. The van der Waals surface area contributed by atoms with Crippen LogP contribution in [-0.2, 0) is 39.1 Å². The highest BCUT2D eigenvalue weighted by molar-refractivity contribution is 6.05. The van der Waals surface area contributed by atoms with Crippen molar-refractivity contribution in [2.45, 2.75) is 38.8 Å². The number of hydrogen-bond acceptors (Lipinski definition) is 6. The van der Waals surface area contributed by atoms with Gasteiger partial charge in [0, 0.05) is 36.7 Å². The van der Waals surface area contributed by atoms with Gasteiger partial charge in [-0.3, -0.25) is 29.2 Å². The maximum Gasteiger partial charge on any atom is 0.310 e. The summed E-state index contributed by atoms with van der Waals surface area (Å²) in [6.45, 7) is 2.43. The van der Waals surface area contributed by atoms with E-state index >= 15 is 0 Å². The van der Waals surface area contributed by atoms with E-state index in [1.807, 2.05) is 43.4 Å². The number of fused-ring (bicyclic) bond motifs is 1. The highest BCUT2D eigenvalue weighted by Gasteiger charge is 2.39. The standard InChI is InChI=1S/C27H26N4O5/c1-3-36-24(33)12-16-5-4-6-18(11-16)25-21(14-28-30(25)2)17-7-8-20-19(13-17)15-31(27(20)35)22-9-10-23(32)29-26(22)34/h4-8,11,13-14,22H,3,9-10,12,15H2,1-2H3,(H,29,32,34). The average Bonchev–Trinajstić information content (AvgIpc) is 3.39. The number of imide groups is 1. The number of nitrogens with zero attached hydrogens (tertiary/aromatic N) is 3. The highest BCUT2D eigenvalue weighted by atomic mass is 16.5. The Morgan fingerprint density at radius 1 is 1.11 bits per heavy atom. The fourth-order valence-corrected chi connectivity index (χ4v) is 4.94. The molecule has 0 radical (unpaired) electrons. The first-order valence-corrected chi connectivity index (χ1v) is 11.9. The third-order valence-corrected chi connectivity index (χ3v) is 6.63. The van der Waals surface area contributed by atoms with Crippen LogP contribution >= 0.6 is 0 Å². The molecular formula is C27H26N4O5. The van der Waals surface area contributed by atoms with Crippen LogP contribution < -0.4 is 5.32 Å². The summed E-state index contributed by atoms with van der Waals surface area (Å²) in [5, 5.41) is 6.80. The summed E-state index contributed by atoms with van der Waals surface area (Å²) in [5.41, 5.74) is 5.81. The minimum absolute atomic E-state index is 0.187. The van der Waals surface area contributed by atoms with Gasteiger partial charge in [-0.2, -0.15) is 5.10 Å². The molecule has 9 nitrogen and oxygen atoms in total. The van der Waals surface area contributed by atoms with Gasteiger partial charge in [-0.25, -0.2) is 0 Å². The second-order valence-corrected chi connectivity index (χ2v) is 8.98. The van der Waals surface area contributed by atoms with Gasteiger partial charge in [0.2, 0.25) is 11.8 Å². The minimum atomic E-state index is -0.651. The number of hydrogen-bond donors (Lipinski definition) is 1. The molecule has 2 aliphatic rings. The molecule has 1 N–H and O–H groups in total. The van der Waals surface area contributed by atoms with Gasteiger partial charge in [-0.1, -0.05) is 24.3 Å². The van der Waals surface area contributed by atoms with E-state index in [9.17, 15) is 19.2 Å². The molecule has 9 heteroatoms. The molecule has 0 saturated carbocycles. The van der Waals surface area contributed by atoms with Crippen molar-refractivity contribution in [3.8, 4) is 22.4 Å². The topological polar surface area (TPSA) is 111 Å². The quantitative estimate of drug-likeness (QED) is 0.424. The molecule has 3 amide bonds. The van der Waals surface area contributed by atoms with E-state index in [-0.39, 0.29) is 30.6 Å². The number of aromatic nitrogens is 2. The summed E-state index contributed by atoms with van der Waals surface area (Å²) in [4.78, 5) is 50.4. The molecule has 2 aliphatic heterocycles. The van der Waals surface area contributed by atoms with Crippen LogP contribution in [0.1, 0.15) is 41.3 Å². The molecule has 1 saturated heterocycles. The summed E-state index contributed by atoms with van der Waals surface area (Å²) in [5.74, 6) is -1.21. The maximum atomic E-state index is 13.0. The van der Waals surface area contributed by atoms with Crippen molar-refractivity contribution < 1.29 is 23.9 Å². The van der Waals surface area contributed by atoms with Crippen LogP contribution in [-0.4, -0.2) is 51.0 Å². The van der Waals surface area contributed by atoms with E-state index < -0.39 is 11.9 Å². The first kappa shape index (κ1) is 23.5. The van der Waals surface area contributed by atoms with Gasteiger partial charge in [-0.15, -0.1) is 0 Å². The number of rotatable bonds is 6. The van der Waals surface area contributed by atoms with Crippen LogP contribution in [0.3, 0.4) is 0 Å². The van der Waals surface area contributed by atoms with E-state index in [2.05, 4.69) is 10.4 Å². The second kappa shape index (κ2) is 9.41. The van der Waals surface area contributed by atoms with Gasteiger partial charge in [0.25, 0.3) is 5.91 Å². The number of benzene rings is 2. The molecule has 1 fully saturated rings.